The van der Waals surface area contributed by atoms with E-state index in [1.807, 2.05) is 6.92 Å². The van der Waals surface area contributed by atoms with Gasteiger partial charge in [0, 0.05) is 21.3 Å². The largest absolute Gasteiger partial charge is 0.497 e. The highest BCUT2D eigenvalue weighted by Gasteiger charge is 2.15. The van der Waals surface area contributed by atoms with E-state index in [2.05, 4.69) is 31.2 Å². The summed E-state index contributed by atoms with van der Waals surface area (Å²) < 4.78 is 39.0. The molecule has 0 saturated heterocycles. The Morgan fingerprint density at radius 2 is 1.52 bits per heavy atom. The van der Waals surface area contributed by atoms with E-state index in [1.165, 1.54) is 49.7 Å². The molecule has 0 aliphatic heterocycles. The van der Waals surface area contributed by atoms with Gasteiger partial charge >= 0.3 is 5.97 Å². The van der Waals surface area contributed by atoms with Crippen molar-refractivity contribution in [3.8, 4) is 11.5 Å². The predicted molar refractivity (Wildman–Crippen MR) is 156 cm³/mol. The lowest BCUT2D eigenvalue weighted by atomic mass is 10.2. The third kappa shape index (κ3) is 7.33. The van der Waals surface area contributed by atoms with Gasteiger partial charge in [0.2, 0.25) is 0 Å². The molecule has 0 atom stereocenters. The molecule has 0 spiro atoms. The number of amides is 1. The smallest absolute Gasteiger partial charge is 0.343 e. The lowest BCUT2D eigenvalue weighted by molar-refractivity contribution is 0.0734. The van der Waals surface area contributed by atoms with E-state index in [4.69, 9.17) is 9.47 Å². The summed E-state index contributed by atoms with van der Waals surface area (Å²) in [5, 5.41) is 3.99. The molecule has 9 nitrogen and oxygen atoms in total. The summed E-state index contributed by atoms with van der Waals surface area (Å²) in [6.45, 7) is 1.87. The van der Waals surface area contributed by atoms with E-state index >= 15 is 0 Å². The molecule has 4 rings (SSSR count). The third-order valence-electron chi connectivity index (χ3n) is 5.60. The predicted octanol–water partition coefficient (Wildman–Crippen LogP) is 5.55. The first-order valence-corrected chi connectivity index (χ1v) is 14.1. The summed E-state index contributed by atoms with van der Waals surface area (Å²) in [5.74, 6) is -0.230. The van der Waals surface area contributed by atoms with E-state index < -0.39 is 21.9 Å². The summed E-state index contributed by atoms with van der Waals surface area (Å²) in [6.07, 6.45) is 1.35. The standard InChI is InChI=1S/C29H24BrN3O6S/c1-19-3-14-26(15-4-19)40(36,37)33-24-10-5-20(6-11-24)28(34)32-31-18-22-17-23(30)9-16-27(22)39-29(35)21-7-12-25(38-2)13-8-21/h3-18,33H,1-2H3,(H,32,34)/b31-18-. The second-order valence-corrected chi connectivity index (χ2v) is 11.1. The van der Waals surface area contributed by atoms with Gasteiger partial charge in [-0.25, -0.2) is 18.6 Å². The van der Waals surface area contributed by atoms with Crippen molar-refractivity contribution in [1.82, 2.24) is 5.43 Å². The molecule has 204 valence electrons. The minimum atomic E-state index is -3.76. The summed E-state index contributed by atoms with van der Waals surface area (Å²) in [4.78, 5) is 25.3. The molecule has 0 aliphatic rings. The molecule has 0 saturated carbocycles. The number of rotatable bonds is 9. The molecule has 4 aromatic rings. The van der Waals surface area contributed by atoms with Crippen LogP contribution in [0, 0.1) is 6.92 Å². The van der Waals surface area contributed by atoms with Crippen LogP contribution >= 0.6 is 15.9 Å². The van der Waals surface area contributed by atoms with Crippen molar-refractivity contribution < 1.29 is 27.5 Å². The molecule has 0 unspecified atom stereocenters. The Kier molecular flexibility index (Phi) is 8.97. The Hall–Kier alpha value is -4.48. The van der Waals surface area contributed by atoms with Crippen LogP contribution in [0.1, 0.15) is 31.8 Å². The van der Waals surface area contributed by atoms with Gasteiger partial charge in [0.25, 0.3) is 15.9 Å². The van der Waals surface area contributed by atoms with Crippen LogP contribution in [0.4, 0.5) is 5.69 Å². The number of hydrazone groups is 1. The van der Waals surface area contributed by atoms with Gasteiger partial charge in [-0.05, 0) is 85.8 Å². The van der Waals surface area contributed by atoms with Crippen LogP contribution < -0.4 is 19.6 Å². The summed E-state index contributed by atoms with van der Waals surface area (Å²) in [6, 6.07) is 23.9. The number of benzene rings is 4. The van der Waals surface area contributed by atoms with Crippen LogP contribution in [0.3, 0.4) is 0 Å². The maximum absolute atomic E-state index is 12.6. The SMILES string of the molecule is COc1ccc(C(=O)Oc2ccc(Br)cc2/C=N\NC(=O)c2ccc(NS(=O)(=O)c3ccc(C)cc3)cc2)cc1. The zero-order valence-electron chi connectivity index (χ0n) is 21.4. The number of hydrogen-bond donors (Lipinski definition) is 2. The molecule has 40 heavy (non-hydrogen) atoms. The van der Waals surface area contributed by atoms with Crippen LogP contribution in [0.25, 0.3) is 0 Å². The summed E-state index contributed by atoms with van der Waals surface area (Å²) >= 11 is 3.37. The number of nitrogens with one attached hydrogen (secondary N) is 2. The molecule has 1 amide bonds. The maximum atomic E-state index is 12.6. The first-order chi connectivity index (χ1) is 19.1. The number of aryl methyl sites for hydroxylation is 1. The minimum absolute atomic E-state index is 0.135. The third-order valence-corrected chi connectivity index (χ3v) is 7.49. The number of halogens is 1. The van der Waals surface area contributed by atoms with E-state index in [-0.39, 0.29) is 16.2 Å². The van der Waals surface area contributed by atoms with Gasteiger partial charge in [-0.15, -0.1) is 0 Å². The van der Waals surface area contributed by atoms with E-state index in [0.717, 1.165) is 5.56 Å². The molecule has 0 aliphatic carbocycles. The van der Waals surface area contributed by atoms with Gasteiger partial charge in [0.15, 0.2) is 0 Å². The van der Waals surface area contributed by atoms with Crippen molar-refractivity contribution in [2.45, 2.75) is 11.8 Å². The fraction of sp³-hybridized carbons (Fsp3) is 0.0690. The molecular weight excluding hydrogens is 598 g/mol. The average Bonchev–Trinajstić information content (AvgIpc) is 2.94. The first kappa shape index (κ1) is 28.5. The van der Waals surface area contributed by atoms with Gasteiger partial charge in [-0.1, -0.05) is 33.6 Å². The van der Waals surface area contributed by atoms with Crippen molar-refractivity contribution >= 4 is 49.7 Å². The van der Waals surface area contributed by atoms with Crippen LogP contribution in [-0.2, 0) is 10.0 Å². The molecule has 0 bridgehead atoms. The number of esters is 1. The molecule has 0 radical (unpaired) electrons. The molecule has 11 heteroatoms. The molecule has 0 heterocycles. The van der Waals surface area contributed by atoms with Gasteiger partial charge in [0.1, 0.15) is 11.5 Å². The molecule has 0 aromatic heterocycles. The number of anilines is 1. The van der Waals surface area contributed by atoms with Crippen LogP contribution in [0.15, 0.2) is 105 Å². The molecule has 2 N–H and O–H groups in total. The Bertz CT molecular complexity index is 1650. The average molecular weight is 622 g/mol. The normalized spacial score (nSPS) is 11.2. The maximum Gasteiger partial charge on any atom is 0.343 e. The van der Waals surface area contributed by atoms with E-state index in [1.54, 1.807) is 54.6 Å². The van der Waals surface area contributed by atoms with Crippen molar-refractivity contribution in [2.24, 2.45) is 5.10 Å². The second kappa shape index (κ2) is 12.6. The van der Waals surface area contributed by atoms with Crippen LogP contribution in [-0.4, -0.2) is 33.6 Å². The quantitative estimate of drug-likeness (QED) is 0.109. The lowest BCUT2D eigenvalue weighted by Gasteiger charge is -2.09. The topological polar surface area (TPSA) is 123 Å². The van der Waals surface area contributed by atoms with Gasteiger partial charge in [0.05, 0.1) is 23.8 Å². The number of carbonyl (C=O) groups excluding carboxylic acids is 2. The highest BCUT2D eigenvalue weighted by Crippen LogP contribution is 2.23. The fourth-order valence-corrected chi connectivity index (χ4v) is 4.88. The Morgan fingerprint density at radius 1 is 0.875 bits per heavy atom. The van der Waals surface area contributed by atoms with Gasteiger partial charge in [-0.2, -0.15) is 5.10 Å². The highest BCUT2D eigenvalue weighted by molar-refractivity contribution is 9.10. The number of carbonyl (C=O) groups is 2. The van der Waals surface area contributed by atoms with Crippen LogP contribution in [0.5, 0.6) is 11.5 Å². The molecule has 4 aromatic carbocycles. The van der Waals surface area contributed by atoms with E-state index in [9.17, 15) is 18.0 Å². The number of sulfonamides is 1. The zero-order chi connectivity index (χ0) is 28.7. The monoisotopic (exact) mass is 621 g/mol. The van der Waals surface area contributed by atoms with Crippen LogP contribution in [0.2, 0.25) is 0 Å². The minimum Gasteiger partial charge on any atom is -0.497 e. The zero-order valence-corrected chi connectivity index (χ0v) is 23.8. The number of methoxy groups -OCH3 is 1. The number of ether oxygens (including phenoxy) is 2. The molecular formula is C29H24BrN3O6S. The van der Waals surface area contributed by atoms with Gasteiger partial charge < -0.3 is 9.47 Å². The van der Waals surface area contributed by atoms with Crippen molar-refractivity contribution in [3.63, 3.8) is 0 Å². The van der Waals surface area contributed by atoms with Gasteiger partial charge in [-0.3, -0.25) is 9.52 Å². The fourth-order valence-electron chi connectivity index (χ4n) is 3.45. The number of hydrogen-bond acceptors (Lipinski definition) is 7. The second-order valence-electron chi connectivity index (χ2n) is 8.50. The molecule has 0 fully saturated rings. The van der Waals surface area contributed by atoms with Crippen molar-refractivity contribution in [1.29, 1.82) is 0 Å². The first-order valence-electron chi connectivity index (χ1n) is 11.8. The summed E-state index contributed by atoms with van der Waals surface area (Å²) in [7, 11) is -2.23. The lowest BCUT2D eigenvalue weighted by Crippen LogP contribution is -2.18. The van der Waals surface area contributed by atoms with Crippen molar-refractivity contribution in [3.05, 3.63) is 118 Å². The van der Waals surface area contributed by atoms with E-state index in [0.29, 0.717) is 27.0 Å². The number of nitrogens with zero attached hydrogens (tertiary/aromatic N) is 1. The Balaban J connectivity index is 1.40. The highest BCUT2D eigenvalue weighted by atomic mass is 79.9. The Labute approximate surface area is 240 Å². The van der Waals surface area contributed by atoms with Crippen molar-refractivity contribution in [2.75, 3.05) is 11.8 Å². The summed E-state index contributed by atoms with van der Waals surface area (Å²) in [5.41, 5.74) is 4.70. The Morgan fingerprint density at radius 3 is 2.17 bits per heavy atom.